The highest BCUT2D eigenvalue weighted by Crippen LogP contribution is 2.26. The minimum atomic E-state index is -1.41. The van der Waals surface area contributed by atoms with Crippen LogP contribution in [0.3, 0.4) is 0 Å². The minimum Gasteiger partial charge on any atom is -0.463 e. The van der Waals surface area contributed by atoms with Crippen molar-refractivity contribution in [3.63, 3.8) is 0 Å². The Morgan fingerprint density at radius 3 is 1.80 bits per heavy atom. The molecule has 270 valence electrons. The maximum absolute atomic E-state index is 13.3. The zero-order chi connectivity index (χ0) is 36.6. The molecule has 1 aliphatic rings. The molecule has 0 aliphatic carbocycles. The topological polar surface area (TPSA) is 211 Å². The lowest BCUT2D eigenvalue weighted by molar-refractivity contribution is -0.228. The van der Waals surface area contributed by atoms with Gasteiger partial charge in [-0.15, -0.1) is 0 Å². The summed E-state index contributed by atoms with van der Waals surface area (Å²) in [5.41, 5.74) is 1.40. The lowest BCUT2D eigenvalue weighted by Gasteiger charge is -2.45. The third-order valence-electron chi connectivity index (χ3n) is 7.09. The summed E-state index contributed by atoms with van der Waals surface area (Å²) in [7, 11) is 0. The van der Waals surface area contributed by atoms with Crippen LogP contribution < -0.4 is 16.0 Å². The van der Waals surface area contributed by atoms with Crippen LogP contribution in [-0.2, 0) is 70.4 Å². The van der Waals surface area contributed by atoms with Gasteiger partial charge in [0.25, 0.3) is 0 Å². The fourth-order valence-electron chi connectivity index (χ4n) is 4.95. The summed E-state index contributed by atoms with van der Waals surface area (Å²) in [6, 6.07) is 15.1. The molecule has 6 atom stereocenters. The van der Waals surface area contributed by atoms with Gasteiger partial charge in [0.2, 0.25) is 11.8 Å². The number of carbonyl (C=O) groups excluding carboxylic acids is 7. The molecule has 16 nitrogen and oxygen atoms in total. The number of carbonyl (C=O) groups is 7. The number of esters is 4. The van der Waals surface area contributed by atoms with Crippen molar-refractivity contribution in [3.05, 3.63) is 71.8 Å². The zero-order valence-electron chi connectivity index (χ0n) is 28.1. The lowest BCUT2D eigenvalue weighted by Crippen LogP contribution is -2.69. The maximum atomic E-state index is 13.3. The van der Waals surface area contributed by atoms with Crippen molar-refractivity contribution in [3.8, 4) is 0 Å². The van der Waals surface area contributed by atoms with Crippen LogP contribution in [0, 0.1) is 0 Å². The average Bonchev–Trinajstić information content (AvgIpc) is 3.06. The van der Waals surface area contributed by atoms with E-state index in [1.165, 1.54) is 6.92 Å². The van der Waals surface area contributed by atoms with Gasteiger partial charge in [0.1, 0.15) is 38.0 Å². The molecular weight excluding hydrogens is 658 g/mol. The van der Waals surface area contributed by atoms with Crippen molar-refractivity contribution in [2.24, 2.45) is 0 Å². The largest absolute Gasteiger partial charge is 0.463 e. The highest BCUT2D eigenvalue weighted by Gasteiger charge is 2.51. The average molecular weight is 700 g/mol. The van der Waals surface area contributed by atoms with Gasteiger partial charge < -0.3 is 44.4 Å². The van der Waals surface area contributed by atoms with Gasteiger partial charge in [-0.25, -0.2) is 9.59 Å². The third kappa shape index (κ3) is 13.2. The first-order valence-corrected chi connectivity index (χ1v) is 15.7. The predicted octanol–water partition coefficient (Wildman–Crippen LogP) is 1.58. The van der Waals surface area contributed by atoms with Crippen LogP contribution in [0.15, 0.2) is 60.7 Å². The monoisotopic (exact) mass is 699 g/mol. The van der Waals surface area contributed by atoms with E-state index in [0.29, 0.717) is 11.1 Å². The molecule has 0 aromatic heterocycles. The molecule has 1 heterocycles. The summed E-state index contributed by atoms with van der Waals surface area (Å²) in [4.78, 5) is 87.0. The SMILES string of the molecule is CC(=O)N[C@@H]1[C@@H](OC(C)=O)[C@H](OC(C)=O)[C@@H](COC(C)=O)O[C@H]1NC(=O)CCC(NC(=O)OCc1ccccc1)C(=O)OCc1ccccc1. The standard InChI is InChI=1S/C34H41N3O13/c1-20(38)35-29-31(49-23(4)41)30(48-22(3)40)27(19-45-21(2)39)50-32(29)37-28(42)16-15-26(33(43)46-17-24-11-7-5-8-12-24)36-34(44)47-18-25-13-9-6-10-14-25/h5-14,26-27,29-32H,15-19H2,1-4H3,(H,35,38)(H,36,44)(H,37,42)/t26?,27-,29-,30-,31-,32-/m1/s1. The van der Waals surface area contributed by atoms with Crippen LogP contribution in [0.2, 0.25) is 0 Å². The van der Waals surface area contributed by atoms with Crippen LogP contribution in [-0.4, -0.2) is 85.0 Å². The summed E-state index contributed by atoms with van der Waals surface area (Å²) in [6.45, 7) is 3.87. The molecule has 16 heteroatoms. The van der Waals surface area contributed by atoms with Crippen LogP contribution in [0.5, 0.6) is 0 Å². The molecule has 0 bridgehead atoms. The fraction of sp³-hybridized carbons (Fsp3) is 0.441. The molecule has 3 amide bonds. The summed E-state index contributed by atoms with van der Waals surface area (Å²) in [5.74, 6) is -4.43. The number of rotatable bonds is 15. The van der Waals surface area contributed by atoms with E-state index in [2.05, 4.69) is 16.0 Å². The fourth-order valence-corrected chi connectivity index (χ4v) is 4.95. The van der Waals surface area contributed by atoms with Crippen molar-refractivity contribution in [2.45, 2.75) is 90.4 Å². The molecule has 50 heavy (non-hydrogen) atoms. The molecule has 1 unspecified atom stereocenters. The number of hydrogen-bond acceptors (Lipinski definition) is 13. The second-order valence-electron chi connectivity index (χ2n) is 11.2. The van der Waals surface area contributed by atoms with E-state index >= 15 is 0 Å². The summed E-state index contributed by atoms with van der Waals surface area (Å²) < 4.78 is 32.5. The molecule has 0 spiro atoms. The Bertz CT molecular complexity index is 1490. The van der Waals surface area contributed by atoms with Crippen molar-refractivity contribution in [1.29, 1.82) is 0 Å². The second kappa shape index (κ2) is 19.5. The second-order valence-corrected chi connectivity index (χ2v) is 11.2. The molecule has 2 aromatic carbocycles. The molecule has 1 saturated heterocycles. The van der Waals surface area contributed by atoms with E-state index in [1.54, 1.807) is 60.7 Å². The van der Waals surface area contributed by atoms with E-state index < -0.39 is 85.0 Å². The number of amides is 3. The number of benzene rings is 2. The minimum absolute atomic E-state index is 0.0746. The van der Waals surface area contributed by atoms with E-state index in [9.17, 15) is 33.6 Å². The molecule has 2 aromatic rings. The van der Waals surface area contributed by atoms with E-state index in [-0.39, 0.29) is 26.1 Å². The van der Waals surface area contributed by atoms with E-state index in [1.807, 2.05) is 0 Å². The molecule has 0 radical (unpaired) electrons. The van der Waals surface area contributed by atoms with Gasteiger partial charge in [-0.2, -0.15) is 0 Å². The first kappa shape index (κ1) is 38.9. The Morgan fingerprint density at radius 2 is 1.26 bits per heavy atom. The quantitative estimate of drug-likeness (QED) is 0.178. The third-order valence-corrected chi connectivity index (χ3v) is 7.09. The van der Waals surface area contributed by atoms with E-state index in [0.717, 1.165) is 20.8 Å². The Balaban J connectivity index is 1.77. The van der Waals surface area contributed by atoms with Crippen molar-refractivity contribution < 1.29 is 62.0 Å². The Morgan fingerprint density at radius 1 is 0.700 bits per heavy atom. The molecule has 1 fully saturated rings. The molecule has 3 N–H and O–H groups in total. The normalized spacial score (nSPS) is 20.2. The molecule has 3 rings (SSSR count). The lowest BCUT2D eigenvalue weighted by atomic mass is 9.95. The van der Waals surface area contributed by atoms with Crippen molar-refractivity contribution >= 4 is 41.8 Å². The zero-order valence-corrected chi connectivity index (χ0v) is 28.1. The van der Waals surface area contributed by atoms with Gasteiger partial charge in [0.05, 0.1) is 0 Å². The first-order valence-electron chi connectivity index (χ1n) is 15.7. The summed E-state index contributed by atoms with van der Waals surface area (Å²) in [6.07, 6.45) is -6.95. The molecule has 0 saturated carbocycles. The first-order chi connectivity index (χ1) is 23.8. The predicted molar refractivity (Wildman–Crippen MR) is 171 cm³/mol. The highest BCUT2D eigenvalue weighted by molar-refractivity contribution is 5.83. The Kier molecular flexibility index (Phi) is 15.2. The van der Waals surface area contributed by atoms with Gasteiger partial charge in [-0.3, -0.25) is 24.0 Å². The van der Waals surface area contributed by atoms with E-state index in [4.69, 9.17) is 28.4 Å². The smallest absolute Gasteiger partial charge is 0.408 e. The van der Waals surface area contributed by atoms with Crippen LogP contribution in [0.4, 0.5) is 4.79 Å². The van der Waals surface area contributed by atoms with Crippen LogP contribution in [0.25, 0.3) is 0 Å². The Labute approximate surface area is 288 Å². The number of nitrogens with one attached hydrogen (secondary N) is 3. The highest BCUT2D eigenvalue weighted by atomic mass is 16.6. The molecular formula is C34H41N3O13. The molecule has 1 aliphatic heterocycles. The van der Waals surface area contributed by atoms with Gasteiger partial charge in [-0.05, 0) is 17.5 Å². The van der Waals surface area contributed by atoms with Gasteiger partial charge in [-0.1, -0.05) is 60.7 Å². The van der Waals surface area contributed by atoms with Crippen LogP contribution >= 0.6 is 0 Å². The Hall–Kier alpha value is -5.51. The van der Waals surface area contributed by atoms with Gasteiger partial charge >= 0.3 is 30.0 Å². The summed E-state index contributed by atoms with van der Waals surface area (Å²) >= 11 is 0. The maximum Gasteiger partial charge on any atom is 0.408 e. The number of alkyl carbamates (subject to hydrolysis) is 1. The van der Waals surface area contributed by atoms with Crippen molar-refractivity contribution in [2.75, 3.05) is 6.61 Å². The number of ether oxygens (including phenoxy) is 6. The number of hydrogen-bond donors (Lipinski definition) is 3. The van der Waals surface area contributed by atoms with Crippen molar-refractivity contribution in [1.82, 2.24) is 16.0 Å². The van der Waals surface area contributed by atoms with Crippen LogP contribution in [0.1, 0.15) is 51.7 Å². The van der Waals surface area contributed by atoms with Gasteiger partial charge in [0.15, 0.2) is 18.4 Å². The van der Waals surface area contributed by atoms with Gasteiger partial charge in [0, 0.05) is 34.1 Å². The summed E-state index contributed by atoms with van der Waals surface area (Å²) in [5, 5.41) is 7.57.